The van der Waals surface area contributed by atoms with Crippen molar-refractivity contribution in [2.75, 3.05) is 13.7 Å². The van der Waals surface area contributed by atoms with E-state index in [1.807, 2.05) is 37.3 Å². The van der Waals surface area contributed by atoms with Gasteiger partial charge in [-0.05, 0) is 12.0 Å². The molecular weight excluding hydrogens is 364 g/mol. The van der Waals surface area contributed by atoms with Gasteiger partial charge in [-0.25, -0.2) is 4.79 Å². The number of benzene rings is 1. The van der Waals surface area contributed by atoms with Crippen LogP contribution in [0, 0.1) is 0 Å². The molecule has 0 bridgehead atoms. The Labute approximate surface area is 163 Å². The van der Waals surface area contributed by atoms with Crippen molar-refractivity contribution >= 4 is 11.9 Å². The highest BCUT2D eigenvalue weighted by atomic mass is 16.7. The highest BCUT2D eigenvalue weighted by Gasteiger charge is 2.15. The number of ether oxygens (including phenoxy) is 2. The second-order valence-corrected chi connectivity index (χ2v) is 5.95. The molecule has 0 aliphatic rings. The summed E-state index contributed by atoms with van der Waals surface area (Å²) in [4.78, 5) is 40.9. The van der Waals surface area contributed by atoms with E-state index in [9.17, 15) is 14.4 Å². The molecule has 0 radical (unpaired) electrons. The normalized spacial score (nSPS) is 10.2. The Morgan fingerprint density at radius 1 is 1.18 bits per heavy atom. The average molecular weight is 388 g/mol. The summed E-state index contributed by atoms with van der Waals surface area (Å²) in [7, 11) is 1.11. The second kappa shape index (κ2) is 10.8. The van der Waals surface area contributed by atoms with Gasteiger partial charge in [0, 0.05) is 6.07 Å². The van der Waals surface area contributed by atoms with Gasteiger partial charge in [-0.2, -0.15) is 4.73 Å². The van der Waals surface area contributed by atoms with Crippen molar-refractivity contribution in [3.05, 3.63) is 64.1 Å². The molecule has 150 valence electrons. The quantitative estimate of drug-likeness (QED) is 0.397. The second-order valence-electron chi connectivity index (χ2n) is 5.95. The van der Waals surface area contributed by atoms with E-state index in [-0.39, 0.29) is 24.3 Å². The fourth-order valence-corrected chi connectivity index (χ4v) is 2.28. The number of carbonyl (C=O) groups excluding carboxylic acids is 2. The first-order valence-corrected chi connectivity index (χ1v) is 8.97. The minimum absolute atomic E-state index is 0.0901. The first-order valence-electron chi connectivity index (χ1n) is 8.97. The van der Waals surface area contributed by atoms with Crippen LogP contribution in [0.3, 0.4) is 0 Å². The van der Waals surface area contributed by atoms with Gasteiger partial charge < -0.3 is 19.6 Å². The Kier molecular flexibility index (Phi) is 8.08. The molecule has 0 atom stereocenters. The average Bonchev–Trinajstić information content (AvgIpc) is 2.72. The van der Waals surface area contributed by atoms with E-state index in [0.717, 1.165) is 25.5 Å². The molecule has 8 heteroatoms. The predicted molar refractivity (Wildman–Crippen MR) is 102 cm³/mol. The first-order chi connectivity index (χ1) is 13.5. The molecule has 8 nitrogen and oxygen atoms in total. The summed E-state index contributed by atoms with van der Waals surface area (Å²) in [6.07, 6.45) is 3.21. The summed E-state index contributed by atoms with van der Waals surface area (Å²) in [5.41, 5.74) is 0.957. The van der Waals surface area contributed by atoms with Crippen molar-refractivity contribution in [2.45, 2.75) is 32.9 Å². The number of aromatic nitrogens is 1. The number of amides is 1. The van der Waals surface area contributed by atoms with Gasteiger partial charge in [0.15, 0.2) is 5.75 Å². The molecule has 1 N–H and O–H groups in total. The van der Waals surface area contributed by atoms with Gasteiger partial charge in [0.1, 0.15) is 6.61 Å². The van der Waals surface area contributed by atoms with Crippen molar-refractivity contribution in [1.82, 2.24) is 10.0 Å². The molecule has 0 aliphatic carbocycles. The summed E-state index contributed by atoms with van der Waals surface area (Å²) in [6.45, 7) is 2.60. The van der Waals surface area contributed by atoms with E-state index in [1.165, 1.54) is 17.0 Å². The van der Waals surface area contributed by atoms with E-state index in [2.05, 4.69) is 10.1 Å². The van der Waals surface area contributed by atoms with E-state index in [0.29, 0.717) is 12.3 Å². The third-order valence-electron chi connectivity index (χ3n) is 3.83. The molecule has 1 aromatic carbocycles. The van der Waals surface area contributed by atoms with Crippen LogP contribution in [-0.4, -0.2) is 30.3 Å². The summed E-state index contributed by atoms with van der Waals surface area (Å²) >= 11 is 0. The zero-order chi connectivity index (χ0) is 20.4. The summed E-state index contributed by atoms with van der Waals surface area (Å²) in [6, 6.07) is 10.8. The molecule has 0 saturated heterocycles. The Morgan fingerprint density at radius 3 is 2.61 bits per heavy atom. The third kappa shape index (κ3) is 6.15. The fourth-order valence-electron chi connectivity index (χ4n) is 2.28. The summed E-state index contributed by atoms with van der Waals surface area (Å²) in [5.74, 6) is -1.77. The molecule has 28 heavy (non-hydrogen) atoms. The van der Waals surface area contributed by atoms with Crippen LogP contribution in [0.25, 0.3) is 0 Å². The number of pyridine rings is 1. The molecule has 0 unspecified atom stereocenters. The molecule has 0 spiro atoms. The third-order valence-corrected chi connectivity index (χ3v) is 3.83. The Bertz CT molecular complexity index is 848. The number of nitrogens with one attached hydrogen (secondary N) is 1. The minimum Gasteiger partial charge on any atom is -0.488 e. The van der Waals surface area contributed by atoms with Gasteiger partial charge in [0.2, 0.25) is 5.43 Å². The van der Waals surface area contributed by atoms with E-state index >= 15 is 0 Å². The molecule has 1 aromatic heterocycles. The largest absolute Gasteiger partial charge is 0.488 e. The van der Waals surface area contributed by atoms with Crippen molar-refractivity contribution < 1.29 is 23.9 Å². The van der Waals surface area contributed by atoms with Crippen LogP contribution >= 0.6 is 0 Å². The first kappa shape index (κ1) is 21.0. The fraction of sp³-hybridized carbons (Fsp3) is 0.350. The molecule has 0 saturated carbocycles. The monoisotopic (exact) mass is 388 g/mol. The van der Waals surface area contributed by atoms with Crippen molar-refractivity contribution in [3.8, 4) is 5.75 Å². The Morgan fingerprint density at radius 2 is 1.93 bits per heavy atom. The van der Waals surface area contributed by atoms with E-state index in [4.69, 9.17) is 9.57 Å². The number of hydrogen-bond acceptors (Lipinski definition) is 6. The van der Waals surface area contributed by atoms with Gasteiger partial charge in [-0.1, -0.05) is 43.7 Å². The maximum absolute atomic E-state index is 12.3. The smallest absolute Gasteiger partial charge is 0.396 e. The topological polar surface area (TPSA) is 95.9 Å². The van der Waals surface area contributed by atoms with Crippen LogP contribution in [0.5, 0.6) is 5.75 Å². The zero-order valence-electron chi connectivity index (χ0n) is 16.0. The SMILES string of the molecule is CCCCOc1cn(OCc2ccccc2)c(CNC(=O)C(=O)OC)cc1=O. The van der Waals surface area contributed by atoms with E-state index < -0.39 is 11.9 Å². The highest BCUT2D eigenvalue weighted by Crippen LogP contribution is 2.08. The van der Waals surface area contributed by atoms with Gasteiger partial charge in [0.05, 0.1) is 32.2 Å². The number of carbonyl (C=O) groups is 2. The Balaban J connectivity index is 2.19. The lowest BCUT2D eigenvalue weighted by Gasteiger charge is -2.16. The van der Waals surface area contributed by atoms with Gasteiger partial charge in [-0.15, -0.1) is 0 Å². The molecule has 1 heterocycles. The van der Waals surface area contributed by atoms with Crippen LogP contribution < -0.4 is 20.3 Å². The standard InChI is InChI=1S/C20H24N2O6/c1-3-4-10-27-18-13-22(28-14-15-8-6-5-7-9-15)16(11-17(18)23)12-21-19(24)20(25)26-2/h5-9,11,13H,3-4,10,12,14H2,1-2H3,(H,21,24). The maximum Gasteiger partial charge on any atom is 0.396 e. The minimum atomic E-state index is -1.02. The predicted octanol–water partition coefficient (Wildman–Crippen LogP) is 1.45. The molecular formula is C20H24N2O6. The maximum atomic E-state index is 12.3. The number of hydrogen-bond donors (Lipinski definition) is 1. The summed E-state index contributed by atoms with van der Waals surface area (Å²) < 4.78 is 11.3. The zero-order valence-corrected chi connectivity index (χ0v) is 16.0. The Hall–Kier alpha value is -3.29. The van der Waals surface area contributed by atoms with Crippen molar-refractivity contribution in [1.29, 1.82) is 0 Å². The summed E-state index contributed by atoms with van der Waals surface area (Å²) in [5, 5.41) is 2.39. The molecule has 0 aliphatic heterocycles. The van der Waals surface area contributed by atoms with Crippen LogP contribution in [0.2, 0.25) is 0 Å². The highest BCUT2D eigenvalue weighted by molar-refractivity contribution is 6.32. The van der Waals surface area contributed by atoms with Gasteiger partial charge >= 0.3 is 11.9 Å². The van der Waals surface area contributed by atoms with E-state index in [1.54, 1.807) is 0 Å². The molecule has 0 fully saturated rings. The van der Waals surface area contributed by atoms with Gasteiger partial charge in [-0.3, -0.25) is 9.59 Å². The van der Waals surface area contributed by atoms with Crippen molar-refractivity contribution in [3.63, 3.8) is 0 Å². The number of nitrogens with zero attached hydrogens (tertiary/aromatic N) is 1. The lowest BCUT2D eigenvalue weighted by atomic mass is 10.2. The lowest BCUT2D eigenvalue weighted by molar-refractivity contribution is -0.152. The number of esters is 1. The number of rotatable bonds is 9. The molecule has 1 amide bonds. The number of unbranched alkanes of at least 4 members (excludes halogenated alkanes) is 1. The molecule has 2 rings (SSSR count). The van der Waals surface area contributed by atoms with Crippen LogP contribution in [0.15, 0.2) is 47.4 Å². The lowest BCUT2D eigenvalue weighted by Crippen LogP contribution is -2.33. The van der Waals surface area contributed by atoms with Gasteiger partial charge in [0.25, 0.3) is 0 Å². The number of methoxy groups -OCH3 is 1. The molecule has 2 aromatic rings. The van der Waals surface area contributed by atoms with Crippen molar-refractivity contribution in [2.24, 2.45) is 0 Å². The van der Waals surface area contributed by atoms with Crippen LogP contribution in [-0.2, 0) is 27.5 Å². The van der Waals surface area contributed by atoms with Crippen LogP contribution in [0.4, 0.5) is 0 Å². The van der Waals surface area contributed by atoms with Crippen LogP contribution in [0.1, 0.15) is 31.0 Å².